The quantitative estimate of drug-likeness (QED) is 0.462. The van der Waals surface area contributed by atoms with E-state index in [-0.39, 0.29) is 6.04 Å². The predicted molar refractivity (Wildman–Crippen MR) is 67.2 cm³/mol. The van der Waals surface area contributed by atoms with E-state index in [1.54, 1.807) is 0 Å². The number of terminal acetylenes is 1. The fraction of sp³-hybridized carbons (Fsp3) is 0.846. The van der Waals surface area contributed by atoms with Crippen molar-refractivity contribution in [3.05, 3.63) is 0 Å². The first-order valence-corrected chi connectivity index (χ1v) is 6.01. The van der Waals surface area contributed by atoms with Crippen LogP contribution in [0.3, 0.4) is 0 Å². The molecule has 0 saturated carbocycles. The maximum atomic E-state index is 9.55. The third-order valence-electron chi connectivity index (χ3n) is 2.29. The van der Waals surface area contributed by atoms with Crippen molar-refractivity contribution in [2.24, 2.45) is 5.92 Å². The molecule has 0 aliphatic carbocycles. The Morgan fingerprint density at radius 2 is 2.06 bits per heavy atom. The van der Waals surface area contributed by atoms with Gasteiger partial charge in [0.05, 0.1) is 18.8 Å². The zero-order valence-corrected chi connectivity index (χ0v) is 10.7. The Morgan fingerprint density at radius 3 is 2.62 bits per heavy atom. The van der Waals surface area contributed by atoms with Crippen molar-refractivity contribution < 1.29 is 9.84 Å². The first-order chi connectivity index (χ1) is 7.56. The minimum atomic E-state index is -0.477. The molecule has 0 fully saturated rings. The molecule has 0 heterocycles. The maximum absolute atomic E-state index is 9.55. The molecule has 0 saturated heterocycles. The summed E-state index contributed by atoms with van der Waals surface area (Å²) in [6.45, 7) is 7.86. The second kappa shape index (κ2) is 9.65. The van der Waals surface area contributed by atoms with E-state index in [0.717, 1.165) is 13.0 Å². The van der Waals surface area contributed by atoms with E-state index in [1.807, 2.05) is 6.92 Å². The summed E-state index contributed by atoms with van der Waals surface area (Å²) in [6, 6.07) is -0.00408. The first kappa shape index (κ1) is 15.4. The zero-order valence-electron chi connectivity index (χ0n) is 10.7. The number of hydrogen-bond donors (Lipinski definition) is 2. The average molecular weight is 227 g/mol. The third-order valence-corrected chi connectivity index (χ3v) is 2.29. The van der Waals surface area contributed by atoms with E-state index >= 15 is 0 Å². The Balaban J connectivity index is 3.31. The Bertz CT molecular complexity index is 199. The topological polar surface area (TPSA) is 41.5 Å². The third kappa shape index (κ3) is 9.97. The molecule has 0 bridgehead atoms. The van der Waals surface area contributed by atoms with Crippen LogP contribution in [0.25, 0.3) is 0 Å². The predicted octanol–water partition coefficient (Wildman–Crippen LogP) is 1.41. The van der Waals surface area contributed by atoms with Crippen LogP contribution in [-0.4, -0.2) is 37.0 Å². The van der Waals surface area contributed by atoms with Gasteiger partial charge in [-0.2, -0.15) is 0 Å². The molecular weight excluding hydrogens is 202 g/mol. The van der Waals surface area contributed by atoms with Gasteiger partial charge in [0.2, 0.25) is 0 Å². The Morgan fingerprint density at radius 1 is 1.38 bits per heavy atom. The molecule has 3 heteroatoms. The van der Waals surface area contributed by atoms with Crippen LogP contribution in [0.4, 0.5) is 0 Å². The Labute approximate surface area is 99.6 Å². The van der Waals surface area contributed by atoms with Gasteiger partial charge in [0.1, 0.15) is 0 Å². The molecular formula is C13H25NO2. The zero-order chi connectivity index (χ0) is 12.4. The molecule has 0 aromatic rings. The van der Waals surface area contributed by atoms with Gasteiger partial charge in [0.25, 0.3) is 0 Å². The lowest BCUT2D eigenvalue weighted by Gasteiger charge is -2.14. The van der Waals surface area contributed by atoms with Gasteiger partial charge >= 0.3 is 0 Å². The van der Waals surface area contributed by atoms with Gasteiger partial charge in [-0.3, -0.25) is 0 Å². The summed E-state index contributed by atoms with van der Waals surface area (Å²) >= 11 is 0. The number of rotatable bonds is 9. The van der Waals surface area contributed by atoms with E-state index in [0.29, 0.717) is 19.1 Å². The van der Waals surface area contributed by atoms with Crippen LogP contribution in [0, 0.1) is 18.3 Å². The molecule has 0 spiro atoms. The van der Waals surface area contributed by atoms with E-state index in [9.17, 15) is 5.11 Å². The molecule has 94 valence electrons. The van der Waals surface area contributed by atoms with Crippen molar-refractivity contribution in [1.82, 2.24) is 5.32 Å². The molecule has 3 nitrogen and oxygen atoms in total. The van der Waals surface area contributed by atoms with Gasteiger partial charge in [-0.05, 0) is 25.7 Å². The lowest BCUT2D eigenvalue weighted by Crippen LogP contribution is -2.35. The van der Waals surface area contributed by atoms with E-state index in [2.05, 4.69) is 25.1 Å². The SMILES string of the molecule is C#CC(C)NCC(O)COCCCC(C)C. The molecule has 0 rings (SSSR count). The summed E-state index contributed by atoms with van der Waals surface area (Å²) in [5.74, 6) is 3.26. The number of aliphatic hydroxyl groups is 1. The number of hydrogen-bond acceptors (Lipinski definition) is 3. The van der Waals surface area contributed by atoms with Gasteiger partial charge in [0.15, 0.2) is 0 Å². The molecule has 0 aliphatic heterocycles. The van der Waals surface area contributed by atoms with Gasteiger partial charge in [0, 0.05) is 13.2 Å². The second-order valence-corrected chi connectivity index (χ2v) is 4.56. The molecule has 0 amide bonds. The smallest absolute Gasteiger partial charge is 0.0898 e. The van der Waals surface area contributed by atoms with Gasteiger partial charge in [-0.25, -0.2) is 0 Å². The van der Waals surface area contributed by atoms with Crippen LogP contribution in [0.2, 0.25) is 0 Å². The minimum absolute atomic E-state index is 0.00408. The van der Waals surface area contributed by atoms with E-state index in [1.165, 1.54) is 6.42 Å². The standard InChI is InChI=1S/C13H25NO2/c1-5-12(4)14-9-13(15)10-16-8-6-7-11(2)3/h1,11-15H,6-10H2,2-4H3. The van der Waals surface area contributed by atoms with Crippen LogP contribution < -0.4 is 5.32 Å². The summed E-state index contributed by atoms with van der Waals surface area (Å²) in [4.78, 5) is 0. The number of aliphatic hydroxyl groups excluding tert-OH is 1. The highest BCUT2D eigenvalue weighted by atomic mass is 16.5. The number of ether oxygens (including phenoxy) is 1. The van der Waals surface area contributed by atoms with Gasteiger partial charge < -0.3 is 15.2 Å². The molecule has 0 aliphatic rings. The van der Waals surface area contributed by atoms with Crippen LogP contribution in [-0.2, 0) is 4.74 Å². The lowest BCUT2D eigenvalue weighted by atomic mass is 10.1. The first-order valence-electron chi connectivity index (χ1n) is 6.01. The maximum Gasteiger partial charge on any atom is 0.0898 e. The average Bonchev–Trinajstić information content (AvgIpc) is 2.24. The Kier molecular flexibility index (Phi) is 9.31. The van der Waals surface area contributed by atoms with E-state index in [4.69, 9.17) is 11.2 Å². The summed E-state index contributed by atoms with van der Waals surface area (Å²) < 4.78 is 5.37. The number of nitrogens with one attached hydrogen (secondary N) is 1. The van der Waals surface area contributed by atoms with Crippen molar-refractivity contribution in [3.63, 3.8) is 0 Å². The summed E-state index contributed by atoms with van der Waals surface area (Å²) in [7, 11) is 0. The molecule has 2 N–H and O–H groups in total. The summed E-state index contributed by atoms with van der Waals surface area (Å²) in [5, 5.41) is 12.6. The van der Waals surface area contributed by atoms with Crippen molar-refractivity contribution in [3.8, 4) is 12.3 Å². The molecule has 0 aromatic heterocycles. The summed E-state index contributed by atoms with van der Waals surface area (Å²) in [5.41, 5.74) is 0. The lowest BCUT2D eigenvalue weighted by molar-refractivity contribution is 0.0344. The van der Waals surface area contributed by atoms with Crippen molar-refractivity contribution in [2.75, 3.05) is 19.8 Å². The highest BCUT2D eigenvalue weighted by Gasteiger charge is 2.05. The Hall–Kier alpha value is -0.560. The van der Waals surface area contributed by atoms with Crippen molar-refractivity contribution >= 4 is 0 Å². The van der Waals surface area contributed by atoms with Crippen LogP contribution in [0.1, 0.15) is 33.6 Å². The minimum Gasteiger partial charge on any atom is -0.389 e. The fourth-order valence-electron chi connectivity index (χ4n) is 1.24. The molecule has 0 radical (unpaired) electrons. The van der Waals surface area contributed by atoms with Crippen LogP contribution >= 0.6 is 0 Å². The molecule has 0 aromatic carbocycles. The highest BCUT2D eigenvalue weighted by molar-refractivity contribution is 4.95. The monoisotopic (exact) mass is 227 g/mol. The summed E-state index contributed by atoms with van der Waals surface area (Å²) in [6.07, 6.45) is 6.95. The second-order valence-electron chi connectivity index (χ2n) is 4.56. The highest BCUT2D eigenvalue weighted by Crippen LogP contribution is 2.03. The molecule has 2 unspecified atom stereocenters. The normalized spacial score (nSPS) is 14.8. The van der Waals surface area contributed by atoms with Gasteiger partial charge in [-0.15, -0.1) is 6.42 Å². The van der Waals surface area contributed by atoms with Gasteiger partial charge in [-0.1, -0.05) is 19.8 Å². The molecule has 2 atom stereocenters. The van der Waals surface area contributed by atoms with Crippen LogP contribution in [0.5, 0.6) is 0 Å². The largest absolute Gasteiger partial charge is 0.389 e. The fourth-order valence-corrected chi connectivity index (χ4v) is 1.24. The van der Waals surface area contributed by atoms with E-state index < -0.39 is 6.10 Å². The van der Waals surface area contributed by atoms with Crippen molar-refractivity contribution in [1.29, 1.82) is 0 Å². The van der Waals surface area contributed by atoms with Crippen LogP contribution in [0.15, 0.2) is 0 Å². The van der Waals surface area contributed by atoms with Crippen molar-refractivity contribution in [2.45, 2.75) is 45.8 Å². The molecule has 16 heavy (non-hydrogen) atoms.